The first-order valence-corrected chi connectivity index (χ1v) is 10.9. The van der Waals surface area contributed by atoms with Crippen molar-refractivity contribution >= 4 is 11.8 Å². The second-order valence-corrected chi connectivity index (χ2v) is 8.82. The van der Waals surface area contributed by atoms with E-state index in [0.717, 1.165) is 55.1 Å². The Balaban J connectivity index is 1.67. The molecule has 2 aromatic rings. The van der Waals surface area contributed by atoms with Gasteiger partial charge < -0.3 is 19.6 Å². The fourth-order valence-electron chi connectivity index (χ4n) is 5.67. The zero-order valence-electron chi connectivity index (χ0n) is 17.8. The van der Waals surface area contributed by atoms with Crippen LogP contribution in [0.4, 0.5) is 23.7 Å². The number of nitrogens with zero attached hydrogens (tertiary/aromatic N) is 2. The Morgan fingerprint density at radius 1 is 1.16 bits per heavy atom. The van der Waals surface area contributed by atoms with Gasteiger partial charge in [0.2, 0.25) is 0 Å². The summed E-state index contributed by atoms with van der Waals surface area (Å²) in [4.78, 5) is 15.4. The topological polar surface area (TPSA) is 53.0 Å². The van der Waals surface area contributed by atoms with Crippen molar-refractivity contribution in [1.82, 2.24) is 4.90 Å². The van der Waals surface area contributed by atoms with Crippen molar-refractivity contribution in [3.8, 4) is 16.9 Å². The number of fused-ring (bicyclic) bond motifs is 3. The molecule has 3 heterocycles. The molecule has 0 radical (unpaired) electrons. The highest BCUT2D eigenvalue weighted by Crippen LogP contribution is 2.50. The second kappa shape index (κ2) is 7.60. The van der Waals surface area contributed by atoms with Crippen molar-refractivity contribution in [2.75, 3.05) is 31.6 Å². The van der Waals surface area contributed by atoms with Crippen molar-refractivity contribution in [3.05, 3.63) is 47.0 Å². The summed E-state index contributed by atoms with van der Waals surface area (Å²) in [6, 6.07) is 8.04. The first-order valence-electron chi connectivity index (χ1n) is 10.9. The van der Waals surface area contributed by atoms with Crippen LogP contribution in [-0.4, -0.2) is 48.9 Å². The monoisotopic (exact) mass is 446 g/mol. The molecule has 0 aliphatic carbocycles. The van der Waals surface area contributed by atoms with Gasteiger partial charge >= 0.3 is 12.3 Å². The molecule has 1 amide bonds. The number of likely N-dealkylation sites (tertiary alicyclic amines) is 1. The number of rotatable bonds is 2. The van der Waals surface area contributed by atoms with Crippen LogP contribution in [0.1, 0.15) is 41.9 Å². The van der Waals surface area contributed by atoms with E-state index in [9.17, 15) is 23.1 Å². The summed E-state index contributed by atoms with van der Waals surface area (Å²) in [5.41, 5.74) is 3.11. The number of piperidine rings is 1. The maximum absolute atomic E-state index is 13.9. The van der Waals surface area contributed by atoms with Gasteiger partial charge in [-0.3, -0.25) is 0 Å². The van der Waals surface area contributed by atoms with Gasteiger partial charge in [0.05, 0.1) is 12.7 Å². The van der Waals surface area contributed by atoms with Gasteiger partial charge in [-0.05, 0) is 72.2 Å². The highest BCUT2D eigenvalue weighted by molar-refractivity contribution is 5.78. The SMILES string of the molecule is COc1ccc(-c2cc3c4c(c2)[C@@H]2CN(C(=O)O)CC[C@@H]2N4CCCC3)c(C(F)(F)F)c1. The van der Waals surface area contributed by atoms with Crippen molar-refractivity contribution in [1.29, 1.82) is 0 Å². The van der Waals surface area contributed by atoms with E-state index < -0.39 is 17.8 Å². The number of halogens is 3. The lowest BCUT2D eigenvalue weighted by Crippen LogP contribution is -2.48. The highest BCUT2D eigenvalue weighted by Gasteiger charge is 2.44. The quantitative estimate of drug-likeness (QED) is 0.674. The van der Waals surface area contributed by atoms with Crippen molar-refractivity contribution < 1.29 is 27.8 Å². The normalized spacial score (nSPS) is 22.2. The van der Waals surface area contributed by atoms with Crippen LogP contribution >= 0.6 is 0 Å². The summed E-state index contributed by atoms with van der Waals surface area (Å²) < 4.78 is 46.8. The number of carbonyl (C=O) groups is 1. The van der Waals surface area contributed by atoms with Gasteiger partial charge in [-0.15, -0.1) is 0 Å². The summed E-state index contributed by atoms with van der Waals surface area (Å²) in [5, 5.41) is 9.52. The number of alkyl halides is 3. The first kappa shape index (κ1) is 21.0. The van der Waals surface area contributed by atoms with Gasteiger partial charge in [-0.1, -0.05) is 6.07 Å². The van der Waals surface area contributed by atoms with Crippen molar-refractivity contribution in [2.24, 2.45) is 0 Å². The van der Waals surface area contributed by atoms with E-state index in [4.69, 9.17) is 4.74 Å². The van der Waals surface area contributed by atoms with Gasteiger partial charge in [0.25, 0.3) is 0 Å². The highest BCUT2D eigenvalue weighted by atomic mass is 19.4. The maximum Gasteiger partial charge on any atom is 0.417 e. The third-order valence-electron chi connectivity index (χ3n) is 7.09. The molecule has 0 spiro atoms. The molecule has 32 heavy (non-hydrogen) atoms. The Morgan fingerprint density at radius 3 is 2.69 bits per heavy atom. The minimum Gasteiger partial charge on any atom is -0.497 e. The van der Waals surface area contributed by atoms with E-state index in [-0.39, 0.29) is 23.3 Å². The van der Waals surface area contributed by atoms with Crippen LogP contribution < -0.4 is 9.64 Å². The third-order valence-corrected chi connectivity index (χ3v) is 7.09. The van der Waals surface area contributed by atoms with Gasteiger partial charge in [0.1, 0.15) is 5.75 Å². The van der Waals surface area contributed by atoms with E-state index in [1.165, 1.54) is 18.1 Å². The smallest absolute Gasteiger partial charge is 0.417 e. The van der Waals surface area contributed by atoms with E-state index >= 15 is 0 Å². The molecule has 3 aliphatic heterocycles. The molecule has 0 aromatic heterocycles. The molecule has 0 bridgehead atoms. The lowest BCUT2D eigenvalue weighted by molar-refractivity contribution is -0.137. The standard InChI is InChI=1S/C24H25F3N2O3/c1-32-16-5-6-17(20(12-16)24(25,26)27)15-10-14-4-2-3-8-29-21-7-9-28(23(30)31)13-19(21)18(11-15)22(14)29/h5-6,10-12,19,21H,2-4,7-9,13H2,1H3,(H,30,31)/t19-,21-/m0/s1. The first-order chi connectivity index (χ1) is 15.3. The molecule has 0 unspecified atom stereocenters. The number of amides is 1. The third kappa shape index (κ3) is 3.36. The van der Waals surface area contributed by atoms with Crippen LogP contribution in [0.25, 0.3) is 11.1 Å². The van der Waals surface area contributed by atoms with Crippen LogP contribution in [0, 0.1) is 0 Å². The van der Waals surface area contributed by atoms with Crippen LogP contribution in [0.15, 0.2) is 30.3 Å². The lowest BCUT2D eigenvalue weighted by Gasteiger charge is -2.37. The van der Waals surface area contributed by atoms with Crippen LogP contribution in [-0.2, 0) is 12.6 Å². The Hall–Kier alpha value is -2.90. The van der Waals surface area contributed by atoms with Gasteiger partial charge in [0, 0.05) is 37.3 Å². The van der Waals surface area contributed by atoms with Crippen LogP contribution in [0.3, 0.4) is 0 Å². The number of aryl methyl sites for hydroxylation is 1. The lowest BCUT2D eigenvalue weighted by atomic mass is 9.85. The van der Waals surface area contributed by atoms with Crippen LogP contribution in [0.5, 0.6) is 5.75 Å². The minimum atomic E-state index is -4.52. The largest absolute Gasteiger partial charge is 0.497 e. The van der Waals surface area contributed by atoms with Crippen molar-refractivity contribution in [3.63, 3.8) is 0 Å². The molecule has 170 valence electrons. The second-order valence-electron chi connectivity index (χ2n) is 8.82. The van der Waals surface area contributed by atoms with E-state index in [1.54, 1.807) is 6.07 Å². The number of benzene rings is 2. The van der Waals surface area contributed by atoms with Gasteiger partial charge in [0.15, 0.2) is 0 Å². The van der Waals surface area contributed by atoms with Crippen LogP contribution in [0.2, 0.25) is 0 Å². The van der Waals surface area contributed by atoms with E-state index in [0.29, 0.717) is 18.7 Å². The van der Waals surface area contributed by atoms with E-state index in [2.05, 4.69) is 4.90 Å². The number of hydrogen-bond donors (Lipinski definition) is 1. The molecule has 5 nitrogen and oxygen atoms in total. The summed E-state index contributed by atoms with van der Waals surface area (Å²) in [6.07, 6.45) is -1.91. The number of hydrogen-bond acceptors (Lipinski definition) is 3. The molecule has 8 heteroatoms. The summed E-state index contributed by atoms with van der Waals surface area (Å²) >= 11 is 0. The fourth-order valence-corrected chi connectivity index (χ4v) is 5.67. The van der Waals surface area contributed by atoms with Gasteiger partial charge in [-0.2, -0.15) is 13.2 Å². The molecule has 5 rings (SSSR count). The number of carboxylic acid groups (broad SMARTS) is 1. The zero-order chi connectivity index (χ0) is 22.6. The number of methoxy groups -OCH3 is 1. The summed E-state index contributed by atoms with van der Waals surface area (Å²) in [7, 11) is 1.35. The van der Waals surface area contributed by atoms with E-state index in [1.807, 2.05) is 12.1 Å². The Labute approximate surface area is 184 Å². The fraction of sp³-hybridized carbons (Fsp3) is 0.458. The molecule has 2 aromatic carbocycles. The minimum absolute atomic E-state index is 0.0285. The molecular formula is C24H25F3N2O3. The molecule has 1 saturated heterocycles. The summed E-state index contributed by atoms with van der Waals surface area (Å²) in [5.74, 6) is 0.134. The number of ether oxygens (including phenoxy) is 1. The Morgan fingerprint density at radius 2 is 1.97 bits per heavy atom. The predicted octanol–water partition coefficient (Wildman–Crippen LogP) is 5.37. The van der Waals surface area contributed by atoms with Crippen molar-refractivity contribution in [2.45, 2.75) is 43.8 Å². The molecule has 3 aliphatic rings. The summed E-state index contributed by atoms with van der Waals surface area (Å²) in [6.45, 7) is 1.77. The zero-order valence-corrected chi connectivity index (χ0v) is 17.8. The molecule has 1 fully saturated rings. The predicted molar refractivity (Wildman–Crippen MR) is 114 cm³/mol. The molecular weight excluding hydrogens is 421 g/mol. The average Bonchev–Trinajstić information content (AvgIpc) is 2.92. The van der Waals surface area contributed by atoms with Gasteiger partial charge in [-0.25, -0.2) is 4.79 Å². The molecule has 0 saturated carbocycles. The average molecular weight is 446 g/mol. The molecule has 1 N–H and O–H groups in total. The maximum atomic E-state index is 13.9. The number of anilines is 1. The Kier molecular flexibility index (Phi) is 4.98. The Bertz CT molecular complexity index is 1070. The molecule has 2 atom stereocenters.